The average Bonchev–Trinajstić information content (AvgIpc) is 2.85. The van der Waals surface area contributed by atoms with Crippen LogP contribution in [0.1, 0.15) is 38.1 Å². The Kier molecular flexibility index (Phi) is 5.17. The molecule has 1 amide bonds. The summed E-state index contributed by atoms with van der Waals surface area (Å²) in [4.78, 5) is 16.3. The summed E-state index contributed by atoms with van der Waals surface area (Å²) in [7, 11) is 0. The zero-order chi connectivity index (χ0) is 15.4. The molecule has 2 rings (SSSR count). The molecular weight excluding hydrogens is 286 g/mol. The molecule has 0 atom stereocenters. The maximum absolute atomic E-state index is 11.9. The Morgan fingerprint density at radius 1 is 1.33 bits per heavy atom. The lowest BCUT2D eigenvalue weighted by Gasteiger charge is -2.14. The Morgan fingerprint density at radius 3 is 2.71 bits per heavy atom. The minimum absolute atomic E-state index is 0.0307. The zero-order valence-electron chi connectivity index (χ0n) is 12.9. The predicted octanol–water partition coefficient (Wildman–Crippen LogP) is 2.14. The zero-order valence-corrected chi connectivity index (χ0v) is 13.7. The number of nitrogens with zero attached hydrogens (tertiary/aromatic N) is 4. The Hall–Kier alpha value is -1.63. The van der Waals surface area contributed by atoms with Crippen LogP contribution in [0.15, 0.2) is 11.2 Å². The minimum Gasteiger partial charge on any atom is -0.353 e. The molecule has 7 heteroatoms. The summed E-state index contributed by atoms with van der Waals surface area (Å²) in [6.07, 6.45) is 1.89. The van der Waals surface area contributed by atoms with E-state index in [1.165, 1.54) is 11.8 Å². The first-order valence-corrected chi connectivity index (χ1v) is 8.15. The van der Waals surface area contributed by atoms with Crippen molar-refractivity contribution in [3.63, 3.8) is 0 Å². The lowest BCUT2D eigenvalue weighted by atomic mass is 10.2. The minimum atomic E-state index is 0.0307. The van der Waals surface area contributed by atoms with Crippen molar-refractivity contribution in [1.82, 2.24) is 24.9 Å². The van der Waals surface area contributed by atoms with Crippen LogP contribution < -0.4 is 5.32 Å². The molecule has 0 aliphatic carbocycles. The molecule has 0 saturated carbocycles. The molecular formula is C14H21N5OS. The molecule has 2 aromatic heterocycles. The smallest absolute Gasteiger partial charge is 0.256 e. The average molecular weight is 307 g/mol. The lowest BCUT2D eigenvalue weighted by Crippen LogP contribution is -2.35. The molecule has 0 radical (unpaired) electrons. The van der Waals surface area contributed by atoms with Gasteiger partial charge in [-0.15, -0.1) is 10.2 Å². The van der Waals surface area contributed by atoms with Crippen molar-refractivity contribution in [3.05, 3.63) is 17.5 Å². The Labute approximate surface area is 128 Å². The van der Waals surface area contributed by atoms with Gasteiger partial charge in [0.05, 0.1) is 5.75 Å². The number of aromatic nitrogens is 4. The van der Waals surface area contributed by atoms with Crippen LogP contribution in [0, 0.1) is 13.8 Å². The number of rotatable bonds is 6. The summed E-state index contributed by atoms with van der Waals surface area (Å²) in [6.45, 7) is 8.06. The number of nitrogens with one attached hydrogen (secondary N) is 1. The molecule has 0 aliphatic rings. The van der Waals surface area contributed by atoms with Crippen molar-refractivity contribution in [1.29, 1.82) is 0 Å². The van der Waals surface area contributed by atoms with E-state index in [0.717, 1.165) is 24.2 Å². The summed E-state index contributed by atoms with van der Waals surface area (Å²) in [6, 6.07) is 2.23. The number of hydrogen-bond donors (Lipinski definition) is 1. The fraction of sp³-hybridized carbons (Fsp3) is 0.571. The van der Waals surface area contributed by atoms with Gasteiger partial charge in [0, 0.05) is 17.4 Å². The largest absolute Gasteiger partial charge is 0.353 e. The van der Waals surface area contributed by atoms with Crippen molar-refractivity contribution < 1.29 is 4.79 Å². The van der Waals surface area contributed by atoms with E-state index in [-0.39, 0.29) is 11.9 Å². The van der Waals surface area contributed by atoms with Gasteiger partial charge in [-0.3, -0.25) is 9.20 Å². The van der Waals surface area contributed by atoms with Gasteiger partial charge in [-0.1, -0.05) is 25.6 Å². The lowest BCUT2D eigenvalue weighted by molar-refractivity contribution is -0.119. The first-order valence-electron chi connectivity index (χ1n) is 7.16. The maximum Gasteiger partial charge on any atom is 0.256 e. The van der Waals surface area contributed by atoms with Crippen LogP contribution >= 0.6 is 11.8 Å². The Bertz CT molecular complexity index is 636. The summed E-state index contributed by atoms with van der Waals surface area (Å²) >= 11 is 1.38. The van der Waals surface area contributed by atoms with Gasteiger partial charge >= 0.3 is 0 Å². The molecule has 1 N–H and O–H groups in total. The summed E-state index contributed by atoms with van der Waals surface area (Å²) < 4.78 is 1.88. The van der Waals surface area contributed by atoms with Crippen molar-refractivity contribution in [3.8, 4) is 0 Å². The van der Waals surface area contributed by atoms with Gasteiger partial charge in [-0.2, -0.15) is 0 Å². The SMILES string of the molecule is CCC(CC)NC(=O)CSc1nnc2nc(C)cc(C)n12. The number of aryl methyl sites for hydroxylation is 2. The third kappa shape index (κ3) is 3.72. The monoisotopic (exact) mass is 307 g/mol. The van der Waals surface area contributed by atoms with E-state index in [2.05, 4.69) is 34.3 Å². The van der Waals surface area contributed by atoms with Crippen LogP contribution in [0.25, 0.3) is 5.78 Å². The molecule has 114 valence electrons. The predicted molar refractivity (Wildman–Crippen MR) is 83.5 cm³/mol. The highest BCUT2D eigenvalue weighted by Crippen LogP contribution is 2.18. The van der Waals surface area contributed by atoms with Crippen LogP contribution in [0.5, 0.6) is 0 Å². The summed E-state index contributed by atoms with van der Waals surface area (Å²) in [5, 5.41) is 11.9. The van der Waals surface area contributed by atoms with Crippen LogP contribution in [0.2, 0.25) is 0 Å². The number of fused-ring (bicyclic) bond motifs is 1. The molecule has 2 heterocycles. The van der Waals surface area contributed by atoms with E-state index >= 15 is 0 Å². The molecule has 0 aromatic carbocycles. The van der Waals surface area contributed by atoms with Gasteiger partial charge in [0.1, 0.15) is 0 Å². The van der Waals surface area contributed by atoms with Crippen LogP contribution in [0.4, 0.5) is 0 Å². The Morgan fingerprint density at radius 2 is 2.05 bits per heavy atom. The van der Waals surface area contributed by atoms with E-state index in [1.807, 2.05) is 24.3 Å². The molecule has 0 saturated heterocycles. The highest BCUT2D eigenvalue weighted by atomic mass is 32.2. The quantitative estimate of drug-likeness (QED) is 0.828. The van der Waals surface area contributed by atoms with E-state index in [9.17, 15) is 4.79 Å². The van der Waals surface area contributed by atoms with Gasteiger partial charge in [-0.25, -0.2) is 4.98 Å². The third-order valence-electron chi connectivity index (χ3n) is 3.35. The molecule has 0 bridgehead atoms. The van der Waals surface area contributed by atoms with Crippen LogP contribution in [-0.4, -0.2) is 37.3 Å². The number of thioether (sulfide) groups is 1. The molecule has 2 aromatic rings. The van der Waals surface area contributed by atoms with Gasteiger partial charge in [0.25, 0.3) is 5.78 Å². The fourth-order valence-corrected chi connectivity index (χ4v) is 2.98. The van der Waals surface area contributed by atoms with E-state index in [4.69, 9.17) is 0 Å². The van der Waals surface area contributed by atoms with Gasteiger partial charge < -0.3 is 5.32 Å². The number of amides is 1. The second-order valence-corrected chi connectivity index (χ2v) is 5.97. The molecule has 0 unspecified atom stereocenters. The van der Waals surface area contributed by atoms with Crippen molar-refractivity contribution >= 4 is 23.4 Å². The van der Waals surface area contributed by atoms with E-state index in [0.29, 0.717) is 16.7 Å². The highest BCUT2D eigenvalue weighted by molar-refractivity contribution is 7.99. The molecule has 21 heavy (non-hydrogen) atoms. The molecule has 0 aliphatic heterocycles. The topological polar surface area (TPSA) is 72.2 Å². The number of carbonyl (C=O) groups excluding carboxylic acids is 1. The van der Waals surface area contributed by atoms with Crippen molar-refractivity contribution in [2.75, 3.05) is 5.75 Å². The van der Waals surface area contributed by atoms with E-state index in [1.54, 1.807) is 0 Å². The van der Waals surface area contributed by atoms with E-state index < -0.39 is 0 Å². The Balaban J connectivity index is 2.06. The normalized spacial score (nSPS) is 11.3. The van der Waals surface area contributed by atoms with Crippen LogP contribution in [0.3, 0.4) is 0 Å². The first-order chi connectivity index (χ1) is 10.0. The van der Waals surface area contributed by atoms with Gasteiger partial charge in [0.15, 0.2) is 5.16 Å². The second kappa shape index (κ2) is 6.89. The number of hydrogen-bond acceptors (Lipinski definition) is 5. The summed E-state index contributed by atoms with van der Waals surface area (Å²) in [5.74, 6) is 0.948. The highest BCUT2D eigenvalue weighted by Gasteiger charge is 2.13. The maximum atomic E-state index is 11.9. The second-order valence-electron chi connectivity index (χ2n) is 5.03. The van der Waals surface area contributed by atoms with Crippen molar-refractivity contribution in [2.24, 2.45) is 0 Å². The summed E-state index contributed by atoms with van der Waals surface area (Å²) in [5.41, 5.74) is 1.93. The molecule has 0 fully saturated rings. The fourth-order valence-electron chi connectivity index (χ4n) is 2.19. The van der Waals surface area contributed by atoms with Crippen LogP contribution in [-0.2, 0) is 4.79 Å². The van der Waals surface area contributed by atoms with Gasteiger partial charge in [0.2, 0.25) is 5.91 Å². The number of carbonyl (C=O) groups is 1. The first kappa shape index (κ1) is 15.8. The molecule has 0 spiro atoms. The van der Waals surface area contributed by atoms with Crippen molar-refractivity contribution in [2.45, 2.75) is 51.7 Å². The van der Waals surface area contributed by atoms with Gasteiger partial charge in [-0.05, 0) is 32.8 Å². The third-order valence-corrected chi connectivity index (χ3v) is 4.28. The molecule has 6 nitrogen and oxygen atoms in total. The standard InChI is InChI=1S/C14H21N5OS/c1-5-11(6-2)16-12(20)8-21-14-18-17-13-15-9(3)7-10(4)19(13)14/h7,11H,5-6,8H2,1-4H3,(H,16,20).